The highest BCUT2D eigenvalue weighted by molar-refractivity contribution is 7.04. The van der Waals surface area contributed by atoms with Crippen LogP contribution < -0.4 is 5.32 Å². The predicted octanol–water partition coefficient (Wildman–Crippen LogP) is 2.67. The van der Waals surface area contributed by atoms with Gasteiger partial charge in [0.25, 0.3) is 5.91 Å². The summed E-state index contributed by atoms with van der Waals surface area (Å²) >= 11 is 1.17. The van der Waals surface area contributed by atoms with Gasteiger partial charge in [0.05, 0.1) is 17.8 Å². The maximum atomic E-state index is 12.8. The Hall–Kier alpha value is -2.08. The minimum atomic E-state index is -0.397. The lowest BCUT2D eigenvalue weighted by Crippen LogP contribution is -2.13. The number of amides is 1. The first-order chi connectivity index (χ1) is 9.06. The van der Waals surface area contributed by atoms with Crippen LogP contribution in [0.3, 0.4) is 0 Å². The second kappa shape index (κ2) is 5.71. The number of hydrogen-bond acceptors (Lipinski definition) is 4. The third kappa shape index (κ3) is 3.45. The van der Waals surface area contributed by atoms with E-state index < -0.39 is 5.82 Å². The third-order valence-electron chi connectivity index (χ3n) is 2.42. The molecular weight excluding hydrogens is 267 g/mol. The average molecular weight is 278 g/mol. The molecule has 0 aliphatic heterocycles. The summed E-state index contributed by atoms with van der Waals surface area (Å²) in [5.41, 5.74) is 1.42. The SMILES string of the molecule is CC(=O)Cc1nscc1NC(=O)c1ccc(F)cc1. The molecule has 0 atom stereocenters. The Bertz CT molecular complexity index is 607. The number of carbonyl (C=O) groups is 2. The molecule has 0 fully saturated rings. The molecule has 19 heavy (non-hydrogen) atoms. The number of aromatic nitrogens is 1. The van der Waals surface area contributed by atoms with E-state index >= 15 is 0 Å². The monoisotopic (exact) mass is 278 g/mol. The highest BCUT2D eigenvalue weighted by Crippen LogP contribution is 2.19. The molecule has 4 nitrogen and oxygen atoms in total. The van der Waals surface area contributed by atoms with E-state index in [2.05, 4.69) is 9.69 Å². The van der Waals surface area contributed by atoms with Crippen molar-refractivity contribution in [3.63, 3.8) is 0 Å². The number of halogens is 1. The van der Waals surface area contributed by atoms with E-state index in [9.17, 15) is 14.0 Å². The van der Waals surface area contributed by atoms with E-state index in [-0.39, 0.29) is 18.1 Å². The molecule has 1 heterocycles. The van der Waals surface area contributed by atoms with Gasteiger partial charge in [-0.2, -0.15) is 4.37 Å². The fourth-order valence-corrected chi connectivity index (χ4v) is 2.16. The van der Waals surface area contributed by atoms with Crippen LogP contribution in [0.1, 0.15) is 23.0 Å². The van der Waals surface area contributed by atoms with Gasteiger partial charge in [0.1, 0.15) is 11.6 Å². The number of anilines is 1. The van der Waals surface area contributed by atoms with Crippen molar-refractivity contribution >= 4 is 28.9 Å². The Morgan fingerprint density at radius 3 is 2.63 bits per heavy atom. The first-order valence-electron chi connectivity index (χ1n) is 5.56. The molecule has 0 saturated carbocycles. The van der Waals surface area contributed by atoms with Crippen LogP contribution >= 0.6 is 11.5 Å². The van der Waals surface area contributed by atoms with E-state index in [0.717, 1.165) is 0 Å². The molecule has 6 heteroatoms. The zero-order valence-electron chi connectivity index (χ0n) is 10.1. The molecule has 0 bridgehead atoms. The highest BCUT2D eigenvalue weighted by atomic mass is 32.1. The predicted molar refractivity (Wildman–Crippen MR) is 70.9 cm³/mol. The van der Waals surface area contributed by atoms with E-state index in [1.165, 1.54) is 42.7 Å². The van der Waals surface area contributed by atoms with Gasteiger partial charge in [0, 0.05) is 10.9 Å². The normalized spacial score (nSPS) is 10.2. The molecule has 0 saturated heterocycles. The standard InChI is InChI=1S/C13H11FN2O2S/c1-8(17)6-11-12(7-19-16-11)15-13(18)9-2-4-10(14)5-3-9/h2-5,7H,6H2,1H3,(H,15,18). The quantitative estimate of drug-likeness (QED) is 0.935. The molecule has 98 valence electrons. The zero-order chi connectivity index (χ0) is 13.8. The lowest BCUT2D eigenvalue weighted by molar-refractivity contribution is -0.116. The molecule has 0 aliphatic carbocycles. The van der Waals surface area contributed by atoms with Gasteiger partial charge in [0.2, 0.25) is 0 Å². The minimum Gasteiger partial charge on any atom is -0.320 e. The number of ketones is 1. The van der Waals surface area contributed by atoms with E-state index in [1.807, 2.05) is 0 Å². The van der Waals surface area contributed by atoms with Crippen LogP contribution in [0, 0.1) is 5.82 Å². The van der Waals surface area contributed by atoms with Crippen molar-refractivity contribution < 1.29 is 14.0 Å². The number of rotatable bonds is 4. The zero-order valence-corrected chi connectivity index (χ0v) is 11.0. The van der Waals surface area contributed by atoms with E-state index in [4.69, 9.17) is 0 Å². The Labute approximate surface area is 113 Å². The second-order valence-corrected chi connectivity index (χ2v) is 4.64. The Kier molecular flexibility index (Phi) is 4.01. The maximum absolute atomic E-state index is 12.8. The largest absolute Gasteiger partial charge is 0.320 e. The van der Waals surface area contributed by atoms with Crippen LogP contribution in [0.2, 0.25) is 0 Å². The number of nitrogens with one attached hydrogen (secondary N) is 1. The average Bonchev–Trinajstić information content (AvgIpc) is 2.76. The minimum absolute atomic E-state index is 0.0248. The number of nitrogens with zero attached hydrogens (tertiary/aromatic N) is 1. The summed E-state index contributed by atoms with van der Waals surface area (Å²) in [7, 11) is 0. The van der Waals surface area contributed by atoms with Gasteiger partial charge in [-0.05, 0) is 42.7 Å². The third-order valence-corrected chi connectivity index (χ3v) is 3.08. The molecule has 2 aromatic rings. The highest BCUT2D eigenvalue weighted by Gasteiger charge is 2.12. The van der Waals surface area contributed by atoms with Gasteiger partial charge in [-0.1, -0.05) is 0 Å². The van der Waals surface area contributed by atoms with Crippen molar-refractivity contribution in [2.24, 2.45) is 0 Å². The van der Waals surface area contributed by atoms with Crippen molar-refractivity contribution in [1.82, 2.24) is 4.37 Å². The summed E-state index contributed by atoms with van der Waals surface area (Å²) in [4.78, 5) is 23.0. The Morgan fingerprint density at radius 1 is 1.32 bits per heavy atom. The van der Waals surface area contributed by atoms with E-state index in [1.54, 1.807) is 5.38 Å². The number of Topliss-reactive ketones (excluding diaryl/α,β-unsaturated/α-hetero) is 1. The summed E-state index contributed by atoms with van der Waals surface area (Å²) in [6.07, 6.45) is 0.183. The van der Waals surface area contributed by atoms with Crippen LogP contribution in [0.25, 0.3) is 0 Å². The summed E-state index contributed by atoms with van der Waals surface area (Å²) in [5.74, 6) is -0.779. The van der Waals surface area contributed by atoms with Crippen LogP contribution in [-0.2, 0) is 11.2 Å². The molecular formula is C13H11FN2O2S. The fraction of sp³-hybridized carbons (Fsp3) is 0.154. The number of hydrogen-bond donors (Lipinski definition) is 1. The first kappa shape index (κ1) is 13.4. The molecule has 0 spiro atoms. The van der Waals surface area contributed by atoms with Gasteiger partial charge in [-0.15, -0.1) is 0 Å². The molecule has 1 aromatic heterocycles. The summed E-state index contributed by atoms with van der Waals surface area (Å²) in [5, 5.41) is 4.33. The van der Waals surface area contributed by atoms with Crippen LogP contribution in [0.4, 0.5) is 10.1 Å². The van der Waals surface area contributed by atoms with Crippen molar-refractivity contribution in [2.75, 3.05) is 5.32 Å². The van der Waals surface area contributed by atoms with Gasteiger partial charge in [-0.3, -0.25) is 9.59 Å². The molecule has 1 amide bonds. The molecule has 0 aliphatic rings. The maximum Gasteiger partial charge on any atom is 0.255 e. The molecule has 1 aromatic carbocycles. The summed E-state index contributed by atoms with van der Waals surface area (Å²) < 4.78 is 16.8. The number of benzene rings is 1. The Morgan fingerprint density at radius 2 is 2.00 bits per heavy atom. The second-order valence-electron chi connectivity index (χ2n) is 4.01. The molecule has 2 rings (SSSR count). The van der Waals surface area contributed by atoms with Crippen molar-refractivity contribution in [1.29, 1.82) is 0 Å². The molecule has 0 radical (unpaired) electrons. The smallest absolute Gasteiger partial charge is 0.255 e. The summed E-state index contributed by atoms with van der Waals surface area (Å²) in [6, 6.07) is 5.23. The van der Waals surface area contributed by atoms with Crippen LogP contribution in [-0.4, -0.2) is 16.1 Å². The van der Waals surface area contributed by atoms with Gasteiger partial charge in [-0.25, -0.2) is 4.39 Å². The van der Waals surface area contributed by atoms with Gasteiger partial charge >= 0.3 is 0 Å². The number of carbonyl (C=O) groups excluding carboxylic acids is 2. The summed E-state index contributed by atoms with van der Waals surface area (Å²) in [6.45, 7) is 1.46. The molecule has 0 unspecified atom stereocenters. The molecule has 1 N–H and O–H groups in total. The van der Waals surface area contributed by atoms with Crippen molar-refractivity contribution in [2.45, 2.75) is 13.3 Å². The fourth-order valence-electron chi connectivity index (χ4n) is 1.52. The van der Waals surface area contributed by atoms with Gasteiger partial charge in [0.15, 0.2) is 0 Å². The van der Waals surface area contributed by atoms with Crippen LogP contribution in [0.15, 0.2) is 29.6 Å². The van der Waals surface area contributed by atoms with Crippen LogP contribution in [0.5, 0.6) is 0 Å². The lowest BCUT2D eigenvalue weighted by atomic mass is 10.2. The Balaban J connectivity index is 2.13. The van der Waals surface area contributed by atoms with Crippen molar-refractivity contribution in [3.8, 4) is 0 Å². The lowest BCUT2D eigenvalue weighted by Gasteiger charge is -2.04. The van der Waals surface area contributed by atoms with Gasteiger partial charge < -0.3 is 5.32 Å². The topological polar surface area (TPSA) is 59.1 Å². The first-order valence-corrected chi connectivity index (χ1v) is 6.39. The van der Waals surface area contributed by atoms with Crippen molar-refractivity contribution in [3.05, 3.63) is 46.7 Å². The van der Waals surface area contributed by atoms with E-state index in [0.29, 0.717) is 16.9 Å².